The molecule has 0 aliphatic heterocycles. The van der Waals surface area contributed by atoms with Crippen molar-refractivity contribution in [3.05, 3.63) is 35.4 Å². The van der Waals surface area contributed by atoms with Crippen molar-refractivity contribution in [3.8, 4) is 0 Å². The van der Waals surface area contributed by atoms with Gasteiger partial charge in [0.25, 0.3) is 0 Å². The lowest BCUT2D eigenvalue weighted by Gasteiger charge is -2.08. The van der Waals surface area contributed by atoms with Crippen LogP contribution in [0.4, 0.5) is 8.78 Å². The predicted octanol–water partition coefficient (Wildman–Crippen LogP) is 2.14. The molecule has 0 aliphatic rings. The first-order valence-corrected chi connectivity index (χ1v) is 4.18. The first kappa shape index (κ1) is 10.1. The Labute approximate surface area is 76.0 Å². The zero-order chi connectivity index (χ0) is 9.84. The highest BCUT2D eigenvalue weighted by Gasteiger charge is 2.07. The van der Waals surface area contributed by atoms with E-state index in [4.69, 9.17) is 5.11 Å². The average molecular weight is 186 g/mol. The molecule has 0 spiro atoms. The van der Waals surface area contributed by atoms with E-state index in [-0.39, 0.29) is 12.5 Å². The fourth-order valence-corrected chi connectivity index (χ4v) is 1.13. The summed E-state index contributed by atoms with van der Waals surface area (Å²) >= 11 is 0. The summed E-state index contributed by atoms with van der Waals surface area (Å²) in [5, 5.41) is 8.75. The maximum Gasteiger partial charge on any atom is 0.129 e. The van der Waals surface area contributed by atoms with E-state index in [0.29, 0.717) is 12.0 Å². The van der Waals surface area contributed by atoms with Gasteiger partial charge in [0.1, 0.15) is 11.6 Å². The minimum Gasteiger partial charge on any atom is -0.396 e. The van der Waals surface area contributed by atoms with Crippen LogP contribution in [-0.2, 0) is 6.42 Å². The van der Waals surface area contributed by atoms with Crippen LogP contribution in [0.2, 0.25) is 0 Å². The summed E-state index contributed by atoms with van der Waals surface area (Å²) in [6.07, 6.45) is 0.433. The quantitative estimate of drug-likeness (QED) is 0.766. The van der Waals surface area contributed by atoms with Gasteiger partial charge in [0.05, 0.1) is 0 Å². The second-order valence-electron chi connectivity index (χ2n) is 3.23. The van der Waals surface area contributed by atoms with E-state index in [0.717, 1.165) is 6.07 Å². The Morgan fingerprint density at radius 2 is 2.08 bits per heavy atom. The molecule has 13 heavy (non-hydrogen) atoms. The van der Waals surface area contributed by atoms with E-state index < -0.39 is 11.6 Å². The van der Waals surface area contributed by atoms with E-state index in [1.807, 2.05) is 6.92 Å². The molecule has 0 radical (unpaired) electrons. The molecule has 0 saturated heterocycles. The van der Waals surface area contributed by atoms with Crippen molar-refractivity contribution in [1.82, 2.24) is 0 Å². The molecule has 0 fully saturated rings. The van der Waals surface area contributed by atoms with Crippen LogP contribution < -0.4 is 0 Å². The molecular weight excluding hydrogens is 174 g/mol. The summed E-state index contributed by atoms with van der Waals surface area (Å²) in [4.78, 5) is 0. The second-order valence-corrected chi connectivity index (χ2v) is 3.23. The van der Waals surface area contributed by atoms with Gasteiger partial charge in [-0.2, -0.15) is 0 Å². The molecule has 0 heterocycles. The van der Waals surface area contributed by atoms with Gasteiger partial charge in [0.2, 0.25) is 0 Å². The summed E-state index contributed by atoms with van der Waals surface area (Å²) in [5.74, 6) is -1.11. The molecule has 1 aromatic rings. The van der Waals surface area contributed by atoms with Crippen LogP contribution in [0.5, 0.6) is 0 Å². The van der Waals surface area contributed by atoms with E-state index >= 15 is 0 Å². The van der Waals surface area contributed by atoms with Crippen molar-refractivity contribution in [2.45, 2.75) is 13.3 Å². The van der Waals surface area contributed by atoms with Crippen molar-refractivity contribution in [1.29, 1.82) is 0 Å². The van der Waals surface area contributed by atoms with Gasteiger partial charge in [-0.05, 0) is 24.0 Å². The fraction of sp³-hybridized carbons (Fsp3) is 0.400. The van der Waals surface area contributed by atoms with Gasteiger partial charge >= 0.3 is 0 Å². The lowest BCUT2D eigenvalue weighted by atomic mass is 10.0. The van der Waals surface area contributed by atoms with Crippen molar-refractivity contribution >= 4 is 0 Å². The Bertz CT molecular complexity index is 286. The fourth-order valence-electron chi connectivity index (χ4n) is 1.13. The van der Waals surface area contributed by atoms with Crippen molar-refractivity contribution < 1.29 is 13.9 Å². The first-order chi connectivity index (χ1) is 6.13. The predicted molar refractivity (Wildman–Crippen MR) is 46.3 cm³/mol. The van der Waals surface area contributed by atoms with Crippen LogP contribution >= 0.6 is 0 Å². The van der Waals surface area contributed by atoms with Gasteiger partial charge in [-0.3, -0.25) is 0 Å². The molecule has 0 bridgehead atoms. The molecule has 0 amide bonds. The van der Waals surface area contributed by atoms with E-state index in [9.17, 15) is 8.78 Å². The van der Waals surface area contributed by atoms with Gasteiger partial charge in [-0.25, -0.2) is 8.78 Å². The minimum absolute atomic E-state index is 0.0000359. The van der Waals surface area contributed by atoms with Crippen LogP contribution in [0.3, 0.4) is 0 Å². The molecule has 3 heteroatoms. The van der Waals surface area contributed by atoms with Crippen LogP contribution in [-0.4, -0.2) is 11.7 Å². The molecule has 1 aromatic carbocycles. The molecule has 1 N–H and O–H groups in total. The number of halogens is 2. The number of aliphatic hydroxyl groups is 1. The molecule has 1 atom stereocenters. The third kappa shape index (κ3) is 2.77. The Kier molecular flexibility index (Phi) is 3.37. The van der Waals surface area contributed by atoms with E-state index in [1.165, 1.54) is 12.1 Å². The van der Waals surface area contributed by atoms with Gasteiger partial charge in [-0.1, -0.05) is 13.0 Å². The number of rotatable bonds is 3. The normalized spacial score (nSPS) is 12.9. The Morgan fingerprint density at radius 3 is 2.62 bits per heavy atom. The first-order valence-electron chi connectivity index (χ1n) is 4.18. The van der Waals surface area contributed by atoms with Crippen LogP contribution in [0.1, 0.15) is 12.5 Å². The van der Waals surface area contributed by atoms with Crippen LogP contribution in [0, 0.1) is 17.6 Å². The average Bonchev–Trinajstić information content (AvgIpc) is 2.09. The lowest BCUT2D eigenvalue weighted by Crippen LogP contribution is -2.06. The molecule has 72 valence electrons. The highest BCUT2D eigenvalue weighted by molar-refractivity contribution is 5.18. The third-order valence-electron chi connectivity index (χ3n) is 1.90. The Hall–Kier alpha value is -0.960. The molecule has 0 aliphatic carbocycles. The van der Waals surface area contributed by atoms with Gasteiger partial charge in [0, 0.05) is 12.7 Å². The topological polar surface area (TPSA) is 20.2 Å². The standard InChI is InChI=1S/C10H12F2O/c1-7(6-13)4-8-2-3-9(11)5-10(8)12/h2-3,5,7,13H,4,6H2,1H3. The molecule has 0 aromatic heterocycles. The Balaban J connectivity index is 2.77. The maximum absolute atomic E-state index is 13.0. The second kappa shape index (κ2) is 4.33. The molecular formula is C10H12F2O. The van der Waals surface area contributed by atoms with Gasteiger partial charge in [0.15, 0.2) is 0 Å². The highest BCUT2D eigenvalue weighted by Crippen LogP contribution is 2.13. The summed E-state index contributed by atoms with van der Waals surface area (Å²) in [6.45, 7) is 1.82. The zero-order valence-corrected chi connectivity index (χ0v) is 7.43. The summed E-state index contributed by atoms with van der Waals surface area (Å²) in [5.41, 5.74) is 0.447. The maximum atomic E-state index is 13.0. The molecule has 0 saturated carbocycles. The Morgan fingerprint density at radius 1 is 1.38 bits per heavy atom. The lowest BCUT2D eigenvalue weighted by molar-refractivity contribution is 0.236. The van der Waals surface area contributed by atoms with Gasteiger partial charge < -0.3 is 5.11 Å². The minimum atomic E-state index is -0.571. The SMILES string of the molecule is CC(CO)Cc1ccc(F)cc1F. The van der Waals surface area contributed by atoms with E-state index in [2.05, 4.69) is 0 Å². The smallest absolute Gasteiger partial charge is 0.129 e. The van der Waals surface area contributed by atoms with Crippen molar-refractivity contribution in [2.24, 2.45) is 5.92 Å². The summed E-state index contributed by atoms with van der Waals surface area (Å²) in [6, 6.07) is 3.50. The summed E-state index contributed by atoms with van der Waals surface area (Å²) in [7, 11) is 0. The zero-order valence-electron chi connectivity index (χ0n) is 7.43. The number of hydrogen-bond donors (Lipinski definition) is 1. The summed E-state index contributed by atoms with van der Waals surface area (Å²) < 4.78 is 25.5. The monoisotopic (exact) mass is 186 g/mol. The number of benzene rings is 1. The molecule has 1 nitrogen and oxygen atoms in total. The largest absolute Gasteiger partial charge is 0.396 e. The molecule has 1 rings (SSSR count). The number of hydrogen-bond acceptors (Lipinski definition) is 1. The van der Waals surface area contributed by atoms with Gasteiger partial charge in [-0.15, -0.1) is 0 Å². The van der Waals surface area contributed by atoms with Crippen LogP contribution in [0.25, 0.3) is 0 Å². The highest BCUT2D eigenvalue weighted by atomic mass is 19.1. The van der Waals surface area contributed by atoms with Crippen LogP contribution in [0.15, 0.2) is 18.2 Å². The van der Waals surface area contributed by atoms with Crippen molar-refractivity contribution in [3.63, 3.8) is 0 Å². The van der Waals surface area contributed by atoms with Crippen molar-refractivity contribution in [2.75, 3.05) is 6.61 Å². The number of aliphatic hydroxyl groups excluding tert-OH is 1. The van der Waals surface area contributed by atoms with E-state index in [1.54, 1.807) is 0 Å². The third-order valence-corrected chi connectivity index (χ3v) is 1.90. The molecule has 1 unspecified atom stereocenters.